The molecule has 0 N–H and O–H groups in total. The Morgan fingerprint density at radius 1 is 0.969 bits per heavy atom. The van der Waals surface area contributed by atoms with Gasteiger partial charge < -0.3 is 4.90 Å². The molecule has 32 heavy (non-hydrogen) atoms. The summed E-state index contributed by atoms with van der Waals surface area (Å²) >= 11 is 5.82. The van der Waals surface area contributed by atoms with Crippen molar-refractivity contribution >= 4 is 27.5 Å². The highest BCUT2D eigenvalue weighted by molar-refractivity contribution is 7.89. The lowest BCUT2D eigenvalue weighted by Crippen LogP contribution is -2.52. The summed E-state index contributed by atoms with van der Waals surface area (Å²) in [5.74, 6) is -0.281. The summed E-state index contributed by atoms with van der Waals surface area (Å²) in [7, 11) is -3.53. The van der Waals surface area contributed by atoms with Gasteiger partial charge in [-0.1, -0.05) is 35.9 Å². The van der Waals surface area contributed by atoms with Crippen molar-refractivity contribution in [1.29, 1.82) is 0 Å². The van der Waals surface area contributed by atoms with Gasteiger partial charge in [-0.05, 0) is 50.2 Å². The Kier molecular flexibility index (Phi) is 7.14. The van der Waals surface area contributed by atoms with Gasteiger partial charge in [0.15, 0.2) is 0 Å². The zero-order valence-electron chi connectivity index (χ0n) is 17.8. The predicted octanol–water partition coefficient (Wildman–Crippen LogP) is 3.22. The molecule has 6 nitrogen and oxygen atoms in total. The number of rotatable bonds is 5. The van der Waals surface area contributed by atoms with Crippen molar-refractivity contribution < 1.29 is 17.6 Å². The number of likely N-dealkylation sites (tertiary alicyclic amines) is 1. The third-order valence-electron chi connectivity index (χ3n) is 6.28. The first-order valence-electron chi connectivity index (χ1n) is 10.8. The first kappa shape index (κ1) is 23.2. The highest BCUT2D eigenvalue weighted by Crippen LogP contribution is 2.24. The Bertz CT molecular complexity index is 1050. The molecule has 2 aromatic carbocycles. The van der Waals surface area contributed by atoms with Crippen molar-refractivity contribution in [3.8, 4) is 0 Å². The first-order chi connectivity index (χ1) is 15.3. The van der Waals surface area contributed by atoms with Crippen LogP contribution in [0.1, 0.15) is 18.4 Å². The number of nitrogens with zero attached hydrogens (tertiary/aromatic N) is 3. The predicted molar refractivity (Wildman–Crippen MR) is 121 cm³/mol. The highest BCUT2D eigenvalue weighted by atomic mass is 35.5. The fourth-order valence-electron chi connectivity index (χ4n) is 4.38. The second-order valence-electron chi connectivity index (χ2n) is 8.33. The van der Waals surface area contributed by atoms with Crippen LogP contribution in [0.5, 0.6) is 0 Å². The normalized spacial score (nSPS) is 19.2. The number of carbonyl (C=O) groups excluding carboxylic acids is 1. The largest absolute Gasteiger partial charge is 0.340 e. The van der Waals surface area contributed by atoms with E-state index in [0.717, 1.165) is 25.9 Å². The molecular formula is C23H27ClFN3O3S. The number of piperazine rings is 1. The van der Waals surface area contributed by atoms with Crippen LogP contribution in [0.15, 0.2) is 53.4 Å². The number of piperidine rings is 1. The average molecular weight is 480 g/mol. The summed E-state index contributed by atoms with van der Waals surface area (Å²) in [5, 5.41) is 0.382. The Morgan fingerprint density at radius 3 is 2.25 bits per heavy atom. The molecule has 0 saturated carbocycles. The molecule has 0 atom stereocenters. The van der Waals surface area contributed by atoms with Gasteiger partial charge in [0.25, 0.3) is 0 Å². The third-order valence-corrected chi connectivity index (χ3v) is 8.43. The molecule has 1 amide bonds. The lowest BCUT2D eigenvalue weighted by atomic mass is 9.94. The van der Waals surface area contributed by atoms with E-state index in [2.05, 4.69) is 4.90 Å². The molecule has 9 heteroatoms. The van der Waals surface area contributed by atoms with Gasteiger partial charge in [0.05, 0.1) is 4.90 Å². The molecule has 172 valence electrons. The van der Waals surface area contributed by atoms with Gasteiger partial charge in [0.2, 0.25) is 15.9 Å². The monoisotopic (exact) mass is 479 g/mol. The summed E-state index contributed by atoms with van der Waals surface area (Å²) in [6.45, 7) is 3.36. The minimum atomic E-state index is -3.53. The molecule has 0 radical (unpaired) electrons. The van der Waals surface area contributed by atoms with Crippen LogP contribution < -0.4 is 0 Å². The van der Waals surface area contributed by atoms with Crippen molar-refractivity contribution in [3.05, 3.63) is 64.9 Å². The van der Waals surface area contributed by atoms with E-state index in [1.165, 1.54) is 10.4 Å². The van der Waals surface area contributed by atoms with Gasteiger partial charge >= 0.3 is 0 Å². The maximum Gasteiger partial charge on any atom is 0.243 e. The average Bonchev–Trinajstić information content (AvgIpc) is 2.81. The molecule has 4 rings (SSSR count). The molecule has 2 heterocycles. The second-order valence-corrected chi connectivity index (χ2v) is 10.7. The van der Waals surface area contributed by atoms with E-state index in [0.29, 0.717) is 43.3 Å². The number of hydrogen-bond donors (Lipinski definition) is 0. The van der Waals surface area contributed by atoms with Crippen LogP contribution in [0, 0.1) is 11.7 Å². The molecule has 2 fully saturated rings. The van der Waals surface area contributed by atoms with E-state index in [1.54, 1.807) is 47.4 Å². The van der Waals surface area contributed by atoms with Crippen molar-refractivity contribution in [2.75, 3.05) is 39.3 Å². The van der Waals surface area contributed by atoms with Crippen molar-refractivity contribution in [2.24, 2.45) is 5.92 Å². The van der Waals surface area contributed by atoms with E-state index >= 15 is 0 Å². The first-order valence-corrected chi connectivity index (χ1v) is 12.7. The van der Waals surface area contributed by atoms with Crippen LogP contribution >= 0.6 is 11.6 Å². The van der Waals surface area contributed by atoms with Gasteiger partial charge in [-0.3, -0.25) is 9.69 Å². The van der Waals surface area contributed by atoms with Crippen LogP contribution in [0.25, 0.3) is 0 Å². The number of amides is 1. The molecule has 2 aliphatic heterocycles. The summed E-state index contributed by atoms with van der Waals surface area (Å²) in [6, 6.07) is 13.1. The quantitative estimate of drug-likeness (QED) is 0.660. The van der Waals surface area contributed by atoms with E-state index < -0.39 is 10.0 Å². The number of benzene rings is 2. The SMILES string of the molecule is O=C(C1CCN(Cc2ccc(Cl)cc2F)CC1)N1CCN(S(=O)(=O)c2ccccc2)CC1. The molecule has 0 aromatic heterocycles. The fraction of sp³-hybridized carbons (Fsp3) is 0.435. The summed E-state index contributed by atoms with van der Waals surface area (Å²) in [4.78, 5) is 17.2. The van der Waals surface area contributed by atoms with Crippen molar-refractivity contribution in [2.45, 2.75) is 24.3 Å². The minimum Gasteiger partial charge on any atom is -0.340 e. The number of sulfonamides is 1. The Morgan fingerprint density at radius 2 is 1.62 bits per heavy atom. The zero-order valence-corrected chi connectivity index (χ0v) is 19.4. The maximum absolute atomic E-state index is 14.1. The van der Waals surface area contributed by atoms with Crippen LogP contribution in [-0.2, 0) is 21.4 Å². The van der Waals surface area contributed by atoms with Gasteiger partial charge in [0.1, 0.15) is 5.82 Å². The second kappa shape index (κ2) is 9.87. The number of hydrogen-bond acceptors (Lipinski definition) is 4. The maximum atomic E-state index is 14.1. The summed E-state index contributed by atoms with van der Waals surface area (Å²) in [6.07, 6.45) is 1.44. The Hall–Kier alpha value is -2.00. The van der Waals surface area contributed by atoms with E-state index in [1.807, 2.05) is 0 Å². The molecular weight excluding hydrogens is 453 g/mol. The fourth-order valence-corrected chi connectivity index (χ4v) is 5.98. The molecule has 0 unspecified atom stereocenters. The lowest BCUT2D eigenvalue weighted by molar-refractivity contribution is -0.138. The van der Waals surface area contributed by atoms with Gasteiger partial charge in [-0.15, -0.1) is 0 Å². The number of carbonyl (C=O) groups is 1. The van der Waals surface area contributed by atoms with Crippen LogP contribution in [0.2, 0.25) is 5.02 Å². The van der Waals surface area contributed by atoms with Gasteiger partial charge in [-0.25, -0.2) is 12.8 Å². The van der Waals surface area contributed by atoms with Crippen LogP contribution in [0.3, 0.4) is 0 Å². The number of halogens is 2. The molecule has 0 bridgehead atoms. The van der Waals surface area contributed by atoms with E-state index in [4.69, 9.17) is 11.6 Å². The third kappa shape index (κ3) is 5.14. The minimum absolute atomic E-state index is 0.0707. The summed E-state index contributed by atoms with van der Waals surface area (Å²) < 4.78 is 41.1. The van der Waals surface area contributed by atoms with Gasteiger partial charge in [-0.2, -0.15) is 4.31 Å². The summed E-state index contributed by atoms with van der Waals surface area (Å²) in [5.41, 5.74) is 0.606. The standard InChI is InChI=1S/C23H27ClFN3O3S/c24-20-7-6-19(22(25)16-20)17-26-10-8-18(9-11-26)23(29)27-12-14-28(15-13-27)32(30,31)21-4-2-1-3-5-21/h1-7,16,18H,8-15,17H2. The Balaban J connectivity index is 1.27. The molecule has 0 spiro atoms. The van der Waals surface area contributed by atoms with Crippen LogP contribution in [-0.4, -0.2) is 67.7 Å². The highest BCUT2D eigenvalue weighted by Gasteiger charge is 2.33. The Labute approximate surface area is 193 Å². The molecule has 2 aliphatic rings. The van der Waals surface area contributed by atoms with Crippen molar-refractivity contribution in [3.63, 3.8) is 0 Å². The molecule has 0 aliphatic carbocycles. The van der Waals surface area contributed by atoms with Gasteiger partial charge in [0, 0.05) is 49.2 Å². The van der Waals surface area contributed by atoms with Crippen LogP contribution in [0.4, 0.5) is 4.39 Å². The topological polar surface area (TPSA) is 60.9 Å². The zero-order chi connectivity index (χ0) is 22.7. The van der Waals surface area contributed by atoms with Crippen molar-refractivity contribution in [1.82, 2.24) is 14.1 Å². The van der Waals surface area contributed by atoms with E-state index in [9.17, 15) is 17.6 Å². The lowest BCUT2D eigenvalue weighted by Gasteiger charge is -2.38. The molecule has 2 aromatic rings. The molecule has 2 saturated heterocycles. The van der Waals surface area contributed by atoms with E-state index in [-0.39, 0.29) is 22.5 Å². The smallest absolute Gasteiger partial charge is 0.243 e.